The molecule has 2 aliphatic rings. The van der Waals surface area contributed by atoms with Crippen LogP contribution in [0.25, 0.3) is 0 Å². The van der Waals surface area contributed by atoms with Crippen molar-refractivity contribution in [2.75, 3.05) is 6.54 Å². The highest BCUT2D eigenvalue weighted by Gasteiger charge is 2.36. The van der Waals surface area contributed by atoms with Crippen LogP contribution in [-0.2, 0) is 17.3 Å². The summed E-state index contributed by atoms with van der Waals surface area (Å²) in [5.41, 5.74) is 5.64. The lowest BCUT2D eigenvalue weighted by Gasteiger charge is -2.28. The van der Waals surface area contributed by atoms with Crippen LogP contribution in [0.4, 0.5) is 13.2 Å². The average Bonchev–Trinajstić information content (AvgIpc) is 2.87. The predicted molar refractivity (Wildman–Crippen MR) is 77.6 cm³/mol. The van der Waals surface area contributed by atoms with Gasteiger partial charge in [-0.05, 0) is 43.4 Å². The molecule has 1 aliphatic heterocycles. The molecule has 0 saturated heterocycles. The number of alkyl halides is 3. The smallest absolute Gasteiger partial charge is 0.416 e. The minimum absolute atomic E-state index is 0.0728. The summed E-state index contributed by atoms with van der Waals surface area (Å²) in [4.78, 5) is 4.55. The second-order valence-electron chi connectivity index (χ2n) is 6.04. The number of nitrogens with two attached hydrogens (primary N) is 1. The number of benzene rings is 1. The van der Waals surface area contributed by atoms with Crippen molar-refractivity contribution in [3.8, 4) is 0 Å². The molecule has 3 unspecified atom stereocenters. The van der Waals surface area contributed by atoms with E-state index in [-0.39, 0.29) is 12.1 Å². The molecular formula is C16H19F3N2O. The molecule has 0 amide bonds. The molecule has 3 rings (SSSR count). The first kappa shape index (κ1) is 15.3. The summed E-state index contributed by atoms with van der Waals surface area (Å²) < 4.78 is 44.0. The molecule has 6 heteroatoms. The Morgan fingerprint density at radius 1 is 1.27 bits per heavy atom. The van der Waals surface area contributed by atoms with Gasteiger partial charge in [-0.25, -0.2) is 4.99 Å². The number of hydrogen-bond acceptors (Lipinski definition) is 3. The van der Waals surface area contributed by atoms with E-state index in [0.717, 1.165) is 31.4 Å². The minimum atomic E-state index is -4.32. The van der Waals surface area contributed by atoms with Gasteiger partial charge in [0, 0.05) is 6.42 Å². The fourth-order valence-corrected chi connectivity index (χ4v) is 3.20. The van der Waals surface area contributed by atoms with Crippen LogP contribution >= 0.6 is 0 Å². The van der Waals surface area contributed by atoms with Crippen molar-refractivity contribution in [1.29, 1.82) is 0 Å². The molecule has 1 fully saturated rings. The Morgan fingerprint density at radius 2 is 2.09 bits per heavy atom. The van der Waals surface area contributed by atoms with Crippen LogP contribution in [0.3, 0.4) is 0 Å². The first-order chi connectivity index (χ1) is 10.5. The molecule has 1 heterocycles. The third kappa shape index (κ3) is 3.27. The Balaban J connectivity index is 1.69. The number of ether oxygens (including phenoxy) is 1. The monoisotopic (exact) mass is 312 g/mol. The number of halogens is 3. The fourth-order valence-electron chi connectivity index (χ4n) is 3.20. The summed E-state index contributed by atoms with van der Waals surface area (Å²) in [5, 5.41) is 0. The first-order valence-corrected chi connectivity index (χ1v) is 7.55. The van der Waals surface area contributed by atoms with E-state index in [1.54, 1.807) is 6.07 Å². The van der Waals surface area contributed by atoms with Crippen molar-refractivity contribution in [2.45, 2.75) is 44.0 Å². The van der Waals surface area contributed by atoms with Gasteiger partial charge in [-0.3, -0.25) is 0 Å². The van der Waals surface area contributed by atoms with Gasteiger partial charge >= 0.3 is 6.18 Å². The van der Waals surface area contributed by atoms with E-state index in [1.807, 2.05) is 0 Å². The van der Waals surface area contributed by atoms with E-state index >= 15 is 0 Å². The maximum absolute atomic E-state index is 12.7. The Hall–Kier alpha value is -1.56. The highest BCUT2D eigenvalue weighted by Crippen LogP contribution is 2.33. The highest BCUT2D eigenvalue weighted by molar-refractivity contribution is 5.80. The van der Waals surface area contributed by atoms with Crippen molar-refractivity contribution >= 4 is 5.90 Å². The summed E-state index contributed by atoms with van der Waals surface area (Å²) in [7, 11) is 0. The molecule has 22 heavy (non-hydrogen) atoms. The van der Waals surface area contributed by atoms with Gasteiger partial charge in [-0.2, -0.15) is 13.2 Å². The molecule has 1 aliphatic carbocycles. The zero-order chi connectivity index (χ0) is 15.7. The summed E-state index contributed by atoms with van der Waals surface area (Å²) in [5.74, 6) is 1.02. The van der Waals surface area contributed by atoms with Crippen molar-refractivity contribution in [1.82, 2.24) is 0 Å². The van der Waals surface area contributed by atoms with Gasteiger partial charge in [0.25, 0.3) is 0 Å². The molecule has 0 radical (unpaired) electrons. The Morgan fingerprint density at radius 3 is 2.82 bits per heavy atom. The Kier molecular flexibility index (Phi) is 4.12. The van der Waals surface area contributed by atoms with Crippen molar-refractivity contribution in [2.24, 2.45) is 16.6 Å². The molecule has 1 aromatic rings. The lowest BCUT2D eigenvalue weighted by molar-refractivity contribution is -0.137. The molecule has 0 bridgehead atoms. The van der Waals surface area contributed by atoms with Crippen LogP contribution < -0.4 is 5.73 Å². The largest absolute Gasteiger partial charge is 0.475 e. The van der Waals surface area contributed by atoms with Gasteiger partial charge in [0.2, 0.25) is 0 Å². The molecule has 1 saturated carbocycles. The lowest BCUT2D eigenvalue weighted by Crippen LogP contribution is -2.33. The average molecular weight is 312 g/mol. The second-order valence-corrected chi connectivity index (χ2v) is 6.04. The van der Waals surface area contributed by atoms with Crippen LogP contribution in [-0.4, -0.2) is 24.6 Å². The quantitative estimate of drug-likeness (QED) is 0.932. The molecule has 3 nitrogen and oxygen atoms in total. The maximum atomic E-state index is 12.7. The molecule has 3 atom stereocenters. The van der Waals surface area contributed by atoms with Crippen molar-refractivity contribution < 1.29 is 17.9 Å². The van der Waals surface area contributed by atoms with Crippen LogP contribution in [0.15, 0.2) is 29.3 Å². The minimum Gasteiger partial charge on any atom is -0.475 e. The summed E-state index contributed by atoms with van der Waals surface area (Å²) in [6.45, 7) is 0.654. The third-order valence-electron chi connectivity index (χ3n) is 4.40. The fraction of sp³-hybridized carbons (Fsp3) is 0.562. The van der Waals surface area contributed by atoms with E-state index in [9.17, 15) is 13.2 Å². The molecule has 1 aromatic carbocycles. The van der Waals surface area contributed by atoms with Gasteiger partial charge in [-0.1, -0.05) is 18.2 Å². The van der Waals surface area contributed by atoms with E-state index in [4.69, 9.17) is 10.5 Å². The summed E-state index contributed by atoms with van der Waals surface area (Å²) in [6, 6.07) is 5.45. The molecule has 2 N–H and O–H groups in total. The number of aliphatic imine (C=N–C) groups is 1. The predicted octanol–water partition coefficient (Wildman–Crippen LogP) is 3.17. The van der Waals surface area contributed by atoms with E-state index in [0.29, 0.717) is 30.3 Å². The summed E-state index contributed by atoms with van der Waals surface area (Å²) >= 11 is 0. The molecule has 120 valence electrons. The zero-order valence-corrected chi connectivity index (χ0v) is 12.1. The lowest BCUT2D eigenvalue weighted by atomic mass is 9.84. The van der Waals surface area contributed by atoms with E-state index in [1.165, 1.54) is 6.07 Å². The van der Waals surface area contributed by atoms with Crippen LogP contribution in [0, 0.1) is 5.92 Å². The van der Waals surface area contributed by atoms with Gasteiger partial charge in [0.05, 0.1) is 11.6 Å². The maximum Gasteiger partial charge on any atom is 0.416 e. The van der Waals surface area contributed by atoms with Crippen molar-refractivity contribution in [3.63, 3.8) is 0 Å². The number of nitrogens with zero attached hydrogens (tertiary/aromatic N) is 1. The van der Waals surface area contributed by atoms with E-state index in [2.05, 4.69) is 4.99 Å². The van der Waals surface area contributed by atoms with Gasteiger partial charge in [0.15, 0.2) is 5.90 Å². The summed E-state index contributed by atoms with van der Waals surface area (Å²) in [6.07, 6.45) is -1.08. The SMILES string of the molecule is NCC1CCC2OC(Cc3cccc(C(F)(F)F)c3)=NC2C1. The Labute approximate surface area is 127 Å². The normalized spacial score (nSPS) is 28.0. The zero-order valence-electron chi connectivity index (χ0n) is 12.1. The van der Waals surface area contributed by atoms with Gasteiger partial charge in [0.1, 0.15) is 6.10 Å². The van der Waals surface area contributed by atoms with Gasteiger partial charge < -0.3 is 10.5 Å². The first-order valence-electron chi connectivity index (χ1n) is 7.55. The highest BCUT2D eigenvalue weighted by atomic mass is 19.4. The molecule has 0 aromatic heterocycles. The third-order valence-corrected chi connectivity index (χ3v) is 4.40. The van der Waals surface area contributed by atoms with Gasteiger partial charge in [-0.15, -0.1) is 0 Å². The molecular weight excluding hydrogens is 293 g/mol. The number of rotatable bonds is 3. The molecule has 0 spiro atoms. The van der Waals surface area contributed by atoms with Crippen LogP contribution in [0.2, 0.25) is 0 Å². The standard InChI is InChI=1S/C16H19F3N2O/c17-16(18,19)12-3-1-2-10(6-12)8-15-21-13-7-11(9-20)4-5-14(13)22-15/h1-3,6,11,13-14H,4-5,7-9,20H2. The number of hydrogen-bond donors (Lipinski definition) is 1. The number of fused-ring (bicyclic) bond motifs is 1. The van der Waals surface area contributed by atoms with Crippen molar-refractivity contribution in [3.05, 3.63) is 35.4 Å². The Bertz CT molecular complexity index is 571. The topological polar surface area (TPSA) is 47.6 Å². The van der Waals surface area contributed by atoms with Crippen LogP contribution in [0.5, 0.6) is 0 Å². The van der Waals surface area contributed by atoms with E-state index < -0.39 is 11.7 Å². The van der Waals surface area contributed by atoms with Crippen LogP contribution in [0.1, 0.15) is 30.4 Å². The second kappa shape index (κ2) is 5.91.